The second-order valence-electron chi connectivity index (χ2n) is 5.19. The maximum absolute atomic E-state index is 6.11. The van der Waals surface area contributed by atoms with Crippen LogP contribution in [0.25, 0.3) is 0 Å². The Bertz CT molecular complexity index is 388. The van der Waals surface area contributed by atoms with Gasteiger partial charge in [0.2, 0.25) is 0 Å². The molecule has 1 aromatic carbocycles. The Morgan fingerprint density at radius 1 is 1.39 bits per heavy atom. The van der Waals surface area contributed by atoms with Crippen LogP contribution in [0.3, 0.4) is 0 Å². The van der Waals surface area contributed by atoms with Gasteiger partial charge >= 0.3 is 0 Å². The lowest BCUT2D eigenvalue weighted by Crippen LogP contribution is -2.28. The van der Waals surface area contributed by atoms with E-state index < -0.39 is 0 Å². The summed E-state index contributed by atoms with van der Waals surface area (Å²) in [5.74, 6) is 0.912. The van der Waals surface area contributed by atoms with Gasteiger partial charge in [0, 0.05) is 30.3 Å². The molecule has 0 spiro atoms. The second kappa shape index (κ2) is 6.44. The molecule has 18 heavy (non-hydrogen) atoms. The molecule has 0 unspecified atom stereocenters. The van der Waals surface area contributed by atoms with Crippen molar-refractivity contribution in [3.63, 3.8) is 0 Å². The van der Waals surface area contributed by atoms with E-state index in [0.717, 1.165) is 24.0 Å². The van der Waals surface area contributed by atoms with Gasteiger partial charge in [-0.25, -0.2) is 0 Å². The molecule has 2 rings (SSSR count). The summed E-state index contributed by atoms with van der Waals surface area (Å²) in [6, 6.07) is 6.27. The molecule has 1 fully saturated rings. The molecule has 1 aliphatic carbocycles. The van der Waals surface area contributed by atoms with E-state index in [-0.39, 0.29) is 0 Å². The molecule has 1 aromatic rings. The van der Waals surface area contributed by atoms with E-state index in [1.165, 1.54) is 37.1 Å². The van der Waals surface area contributed by atoms with E-state index in [0.29, 0.717) is 0 Å². The van der Waals surface area contributed by atoms with Gasteiger partial charge in [-0.2, -0.15) is 0 Å². The monoisotopic (exact) mass is 266 g/mol. The third kappa shape index (κ3) is 3.63. The van der Waals surface area contributed by atoms with Crippen molar-refractivity contribution in [2.45, 2.75) is 32.7 Å². The van der Waals surface area contributed by atoms with Crippen molar-refractivity contribution in [2.24, 2.45) is 5.92 Å². The fraction of sp³-hybridized carbons (Fsp3) is 0.600. The molecule has 1 saturated carbocycles. The second-order valence-corrected chi connectivity index (χ2v) is 5.63. The van der Waals surface area contributed by atoms with Crippen molar-refractivity contribution < 1.29 is 0 Å². The van der Waals surface area contributed by atoms with Crippen molar-refractivity contribution in [1.82, 2.24) is 5.32 Å². The number of nitrogens with one attached hydrogen (secondary N) is 1. The molecule has 0 bridgehead atoms. The highest BCUT2D eigenvalue weighted by Crippen LogP contribution is 2.33. The quantitative estimate of drug-likeness (QED) is 0.810. The summed E-state index contributed by atoms with van der Waals surface area (Å²) >= 11 is 6.11. The average Bonchev–Trinajstić information content (AvgIpc) is 3.13. The minimum Gasteiger partial charge on any atom is -0.371 e. The number of anilines is 1. The predicted molar refractivity (Wildman–Crippen MR) is 79.4 cm³/mol. The molecule has 1 aliphatic rings. The van der Waals surface area contributed by atoms with Crippen LogP contribution in [0.5, 0.6) is 0 Å². The summed E-state index contributed by atoms with van der Waals surface area (Å²) in [5.41, 5.74) is 2.65. The molecule has 3 heteroatoms. The summed E-state index contributed by atoms with van der Waals surface area (Å²) in [5, 5.41) is 4.06. The summed E-state index contributed by atoms with van der Waals surface area (Å²) in [4.78, 5) is 2.53. The Hall–Kier alpha value is -0.730. The number of nitrogens with zero attached hydrogens (tertiary/aromatic N) is 1. The molecule has 2 nitrogen and oxygen atoms in total. The third-order valence-corrected chi connectivity index (χ3v) is 3.65. The first-order valence-electron chi connectivity index (χ1n) is 6.92. The molecular formula is C15H23ClN2. The van der Waals surface area contributed by atoms with Gasteiger partial charge in [0.1, 0.15) is 0 Å². The number of benzene rings is 1. The first-order valence-corrected chi connectivity index (χ1v) is 7.30. The van der Waals surface area contributed by atoms with Gasteiger partial charge in [0.05, 0.1) is 0 Å². The van der Waals surface area contributed by atoms with Gasteiger partial charge in [-0.05, 0) is 56.0 Å². The molecule has 0 aliphatic heterocycles. The van der Waals surface area contributed by atoms with Crippen LogP contribution in [-0.4, -0.2) is 20.1 Å². The number of hydrogen-bond acceptors (Lipinski definition) is 2. The zero-order valence-electron chi connectivity index (χ0n) is 11.4. The van der Waals surface area contributed by atoms with E-state index in [9.17, 15) is 0 Å². The van der Waals surface area contributed by atoms with Gasteiger partial charge in [0.25, 0.3) is 0 Å². The highest BCUT2D eigenvalue weighted by atomic mass is 35.5. The fourth-order valence-corrected chi connectivity index (χ4v) is 2.58. The molecule has 0 heterocycles. The summed E-state index contributed by atoms with van der Waals surface area (Å²) < 4.78 is 0. The highest BCUT2D eigenvalue weighted by molar-refractivity contribution is 6.30. The molecule has 100 valence electrons. The maximum Gasteiger partial charge on any atom is 0.0412 e. The summed E-state index contributed by atoms with van der Waals surface area (Å²) in [6.45, 7) is 5.45. The Balaban J connectivity index is 2.20. The number of hydrogen-bond donors (Lipinski definition) is 1. The molecule has 0 radical (unpaired) electrons. The third-order valence-electron chi connectivity index (χ3n) is 3.42. The number of rotatable bonds is 7. The van der Waals surface area contributed by atoms with Crippen LogP contribution in [0.15, 0.2) is 18.2 Å². The molecule has 0 aromatic heterocycles. The standard InChI is InChI=1S/C15H23ClN2/c1-3-8-18(11-12-4-5-12)15-7-6-14(16)9-13(15)10-17-2/h6-7,9,12,17H,3-5,8,10-11H2,1-2H3. The van der Waals surface area contributed by atoms with Gasteiger partial charge in [-0.1, -0.05) is 18.5 Å². The lowest BCUT2D eigenvalue weighted by molar-refractivity contribution is 0.699. The zero-order chi connectivity index (χ0) is 13.0. The molecule has 0 amide bonds. The molecule has 1 N–H and O–H groups in total. The topological polar surface area (TPSA) is 15.3 Å². The Labute approximate surface area is 115 Å². The largest absolute Gasteiger partial charge is 0.371 e. The van der Waals surface area contributed by atoms with E-state index in [1.807, 2.05) is 13.1 Å². The van der Waals surface area contributed by atoms with E-state index in [4.69, 9.17) is 11.6 Å². The number of halogens is 1. The van der Waals surface area contributed by atoms with Crippen LogP contribution in [0.4, 0.5) is 5.69 Å². The lowest BCUT2D eigenvalue weighted by atomic mass is 10.1. The minimum absolute atomic E-state index is 0.826. The lowest BCUT2D eigenvalue weighted by Gasteiger charge is -2.27. The van der Waals surface area contributed by atoms with Crippen molar-refractivity contribution in [3.8, 4) is 0 Å². The zero-order valence-corrected chi connectivity index (χ0v) is 12.1. The molecule has 0 atom stereocenters. The smallest absolute Gasteiger partial charge is 0.0412 e. The van der Waals surface area contributed by atoms with Crippen LogP contribution in [-0.2, 0) is 6.54 Å². The van der Waals surface area contributed by atoms with Crippen LogP contribution >= 0.6 is 11.6 Å². The van der Waals surface area contributed by atoms with Crippen LogP contribution in [0, 0.1) is 5.92 Å². The normalized spacial score (nSPS) is 14.8. The van der Waals surface area contributed by atoms with Crippen molar-refractivity contribution in [3.05, 3.63) is 28.8 Å². The SMILES string of the molecule is CCCN(CC1CC1)c1ccc(Cl)cc1CNC. The minimum atomic E-state index is 0.826. The summed E-state index contributed by atoms with van der Waals surface area (Å²) in [7, 11) is 1.98. The Kier molecular flexibility index (Phi) is 4.90. The van der Waals surface area contributed by atoms with Gasteiger partial charge < -0.3 is 10.2 Å². The fourth-order valence-electron chi connectivity index (χ4n) is 2.39. The van der Waals surface area contributed by atoms with E-state index >= 15 is 0 Å². The van der Waals surface area contributed by atoms with Crippen molar-refractivity contribution in [2.75, 3.05) is 25.0 Å². The molecule has 0 saturated heterocycles. The first-order chi connectivity index (χ1) is 8.74. The average molecular weight is 267 g/mol. The predicted octanol–water partition coefficient (Wildman–Crippen LogP) is 3.69. The maximum atomic E-state index is 6.11. The van der Waals surface area contributed by atoms with Crippen molar-refractivity contribution >= 4 is 17.3 Å². The summed E-state index contributed by atoms with van der Waals surface area (Å²) in [6.07, 6.45) is 3.98. The van der Waals surface area contributed by atoms with Crippen LogP contribution < -0.4 is 10.2 Å². The van der Waals surface area contributed by atoms with Crippen molar-refractivity contribution in [1.29, 1.82) is 0 Å². The first kappa shape index (κ1) is 13.7. The van der Waals surface area contributed by atoms with E-state index in [1.54, 1.807) is 0 Å². The van der Waals surface area contributed by atoms with Crippen LogP contribution in [0.2, 0.25) is 5.02 Å². The highest BCUT2D eigenvalue weighted by Gasteiger charge is 2.25. The van der Waals surface area contributed by atoms with E-state index in [2.05, 4.69) is 29.3 Å². The Morgan fingerprint density at radius 3 is 2.78 bits per heavy atom. The van der Waals surface area contributed by atoms with Crippen LogP contribution in [0.1, 0.15) is 31.7 Å². The Morgan fingerprint density at radius 2 is 2.17 bits per heavy atom. The van der Waals surface area contributed by atoms with Gasteiger partial charge in [-0.15, -0.1) is 0 Å². The van der Waals surface area contributed by atoms with Gasteiger partial charge in [0.15, 0.2) is 0 Å². The molecular weight excluding hydrogens is 244 g/mol. The van der Waals surface area contributed by atoms with Gasteiger partial charge in [-0.3, -0.25) is 0 Å².